The first-order valence-corrected chi connectivity index (χ1v) is 8.99. The van der Waals surface area contributed by atoms with Crippen molar-refractivity contribution in [3.8, 4) is 17.3 Å². The molecule has 0 aliphatic rings. The number of para-hydroxylation sites is 2. The highest BCUT2D eigenvalue weighted by Crippen LogP contribution is 2.27. The van der Waals surface area contributed by atoms with E-state index in [0.717, 1.165) is 0 Å². The van der Waals surface area contributed by atoms with E-state index in [1.807, 2.05) is 24.5 Å². The SMILES string of the molecule is CC(C)n1cc(C(=O)c2ccccc2O)cc1-c1nc2ccccc2c(=O)[nH]1. The second kappa shape index (κ2) is 6.81. The van der Waals surface area contributed by atoms with Gasteiger partial charge in [-0.1, -0.05) is 24.3 Å². The zero-order valence-electron chi connectivity index (χ0n) is 15.5. The largest absolute Gasteiger partial charge is 0.507 e. The van der Waals surface area contributed by atoms with Crippen LogP contribution in [0.5, 0.6) is 5.75 Å². The summed E-state index contributed by atoms with van der Waals surface area (Å²) in [6.07, 6.45) is 1.73. The van der Waals surface area contributed by atoms with Crippen molar-refractivity contribution in [3.63, 3.8) is 0 Å². The van der Waals surface area contributed by atoms with E-state index in [4.69, 9.17) is 0 Å². The third-order valence-electron chi connectivity index (χ3n) is 4.67. The third kappa shape index (κ3) is 2.99. The Hall–Kier alpha value is -3.67. The number of aromatic amines is 1. The molecule has 0 amide bonds. The molecule has 6 heteroatoms. The number of aromatic hydroxyl groups is 1. The second-order valence-corrected chi connectivity index (χ2v) is 6.89. The molecule has 4 rings (SSSR count). The number of aromatic nitrogens is 3. The van der Waals surface area contributed by atoms with E-state index in [-0.39, 0.29) is 28.7 Å². The minimum absolute atomic E-state index is 0.0395. The van der Waals surface area contributed by atoms with Crippen LogP contribution in [0.25, 0.3) is 22.4 Å². The number of H-pyrrole nitrogens is 1. The van der Waals surface area contributed by atoms with Crippen LogP contribution in [0.2, 0.25) is 0 Å². The molecule has 140 valence electrons. The fraction of sp³-hybridized carbons (Fsp3) is 0.136. The van der Waals surface area contributed by atoms with Gasteiger partial charge in [0.1, 0.15) is 5.75 Å². The molecule has 2 aromatic heterocycles. The summed E-state index contributed by atoms with van der Waals surface area (Å²) in [5.41, 5.74) is 1.64. The van der Waals surface area contributed by atoms with Crippen molar-refractivity contribution in [1.29, 1.82) is 0 Å². The Balaban J connectivity index is 1.88. The Morgan fingerprint density at radius 3 is 2.57 bits per heavy atom. The van der Waals surface area contributed by atoms with Crippen molar-refractivity contribution in [2.24, 2.45) is 0 Å². The Morgan fingerprint density at radius 1 is 1.11 bits per heavy atom. The van der Waals surface area contributed by atoms with Gasteiger partial charge in [0.05, 0.1) is 22.2 Å². The van der Waals surface area contributed by atoms with E-state index in [9.17, 15) is 14.7 Å². The molecule has 6 nitrogen and oxygen atoms in total. The van der Waals surface area contributed by atoms with Crippen LogP contribution in [0.15, 0.2) is 65.6 Å². The quantitative estimate of drug-likeness (QED) is 0.531. The van der Waals surface area contributed by atoms with Crippen LogP contribution in [-0.2, 0) is 0 Å². The first-order valence-electron chi connectivity index (χ1n) is 8.99. The fourth-order valence-corrected chi connectivity index (χ4v) is 3.25. The highest BCUT2D eigenvalue weighted by atomic mass is 16.3. The van der Waals surface area contributed by atoms with Gasteiger partial charge in [0, 0.05) is 17.8 Å². The smallest absolute Gasteiger partial charge is 0.259 e. The monoisotopic (exact) mass is 373 g/mol. The Labute approximate surface area is 161 Å². The second-order valence-electron chi connectivity index (χ2n) is 6.89. The summed E-state index contributed by atoms with van der Waals surface area (Å²) in [6, 6.07) is 15.3. The zero-order chi connectivity index (χ0) is 19.8. The molecule has 2 N–H and O–H groups in total. The molecule has 2 heterocycles. The number of nitrogens with one attached hydrogen (secondary N) is 1. The molecule has 2 aromatic carbocycles. The summed E-state index contributed by atoms with van der Waals surface area (Å²) < 4.78 is 1.89. The molecule has 0 saturated carbocycles. The van der Waals surface area contributed by atoms with Crippen molar-refractivity contribution in [3.05, 3.63) is 82.3 Å². The van der Waals surface area contributed by atoms with Gasteiger partial charge in [-0.05, 0) is 44.2 Å². The number of rotatable bonds is 4. The van der Waals surface area contributed by atoms with E-state index in [0.29, 0.717) is 28.0 Å². The van der Waals surface area contributed by atoms with Gasteiger partial charge in [-0.2, -0.15) is 0 Å². The predicted octanol–water partition coefficient (Wildman–Crippen LogP) is 3.91. The summed E-state index contributed by atoms with van der Waals surface area (Å²) in [7, 11) is 0. The Kier molecular flexibility index (Phi) is 4.31. The number of phenols is 1. The maximum Gasteiger partial charge on any atom is 0.259 e. The molecule has 0 fully saturated rings. The lowest BCUT2D eigenvalue weighted by Gasteiger charge is -2.12. The van der Waals surface area contributed by atoms with Gasteiger partial charge in [-0.15, -0.1) is 0 Å². The molecule has 0 bridgehead atoms. The van der Waals surface area contributed by atoms with Crippen LogP contribution < -0.4 is 5.56 Å². The van der Waals surface area contributed by atoms with Crippen molar-refractivity contribution >= 4 is 16.7 Å². The zero-order valence-corrected chi connectivity index (χ0v) is 15.5. The Morgan fingerprint density at radius 2 is 1.82 bits per heavy atom. The molecule has 0 aliphatic heterocycles. The van der Waals surface area contributed by atoms with E-state index in [1.54, 1.807) is 48.7 Å². The molecular weight excluding hydrogens is 354 g/mol. The van der Waals surface area contributed by atoms with Gasteiger partial charge < -0.3 is 14.7 Å². The van der Waals surface area contributed by atoms with E-state index in [2.05, 4.69) is 9.97 Å². The standard InChI is InChI=1S/C22H19N3O3/c1-13(2)25-12-14(20(27)16-8-4-6-10-19(16)26)11-18(25)21-23-17-9-5-3-7-15(17)22(28)24-21/h3-13,26H,1-2H3,(H,23,24,28). The molecular formula is C22H19N3O3. The first kappa shape index (κ1) is 17.7. The van der Waals surface area contributed by atoms with Crippen molar-refractivity contribution < 1.29 is 9.90 Å². The van der Waals surface area contributed by atoms with Crippen LogP contribution in [-0.4, -0.2) is 25.4 Å². The lowest BCUT2D eigenvalue weighted by Crippen LogP contribution is -2.11. The van der Waals surface area contributed by atoms with E-state index >= 15 is 0 Å². The van der Waals surface area contributed by atoms with Crippen LogP contribution in [0.4, 0.5) is 0 Å². The molecule has 0 aliphatic carbocycles. The average molecular weight is 373 g/mol. The number of fused-ring (bicyclic) bond motifs is 1. The predicted molar refractivity (Wildman–Crippen MR) is 108 cm³/mol. The number of benzene rings is 2. The van der Waals surface area contributed by atoms with Gasteiger partial charge in [0.25, 0.3) is 5.56 Å². The topological polar surface area (TPSA) is 88.0 Å². The molecule has 0 saturated heterocycles. The summed E-state index contributed by atoms with van der Waals surface area (Å²) in [4.78, 5) is 32.7. The molecule has 28 heavy (non-hydrogen) atoms. The maximum atomic E-state index is 12.9. The van der Waals surface area contributed by atoms with Gasteiger partial charge in [-0.3, -0.25) is 9.59 Å². The number of carbonyl (C=O) groups is 1. The highest BCUT2D eigenvalue weighted by molar-refractivity contribution is 6.11. The molecule has 0 unspecified atom stereocenters. The molecule has 0 atom stereocenters. The average Bonchev–Trinajstić information content (AvgIpc) is 3.14. The summed E-state index contributed by atoms with van der Waals surface area (Å²) in [6.45, 7) is 3.97. The van der Waals surface area contributed by atoms with Crippen LogP contribution in [0.3, 0.4) is 0 Å². The lowest BCUT2D eigenvalue weighted by molar-refractivity contribution is 0.103. The van der Waals surface area contributed by atoms with Gasteiger partial charge in [-0.25, -0.2) is 4.98 Å². The number of carbonyl (C=O) groups excluding carboxylic acids is 1. The van der Waals surface area contributed by atoms with Crippen molar-refractivity contribution in [2.45, 2.75) is 19.9 Å². The summed E-state index contributed by atoms with van der Waals surface area (Å²) in [5.74, 6) is 0.0409. The van der Waals surface area contributed by atoms with Gasteiger partial charge in [0.15, 0.2) is 11.6 Å². The van der Waals surface area contributed by atoms with Crippen LogP contribution >= 0.6 is 0 Å². The highest BCUT2D eigenvalue weighted by Gasteiger charge is 2.20. The van der Waals surface area contributed by atoms with Crippen molar-refractivity contribution in [1.82, 2.24) is 14.5 Å². The first-order chi connectivity index (χ1) is 13.5. The van der Waals surface area contributed by atoms with E-state index < -0.39 is 0 Å². The number of hydrogen-bond acceptors (Lipinski definition) is 4. The van der Waals surface area contributed by atoms with Gasteiger partial charge in [0.2, 0.25) is 0 Å². The number of phenolic OH excluding ortho intramolecular Hbond substituents is 1. The Bertz CT molecular complexity index is 1250. The van der Waals surface area contributed by atoms with E-state index in [1.165, 1.54) is 6.07 Å². The number of nitrogens with zero attached hydrogens (tertiary/aromatic N) is 2. The van der Waals surface area contributed by atoms with Gasteiger partial charge >= 0.3 is 0 Å². The van der Waals surface area contributed by atoms with Crippen molar-refractivity contribution in [2.75, 3.05) is 0 Å². The van der Waals surface area contributed by atoms with Crippen LogP contribution in [0, 0.1) is 0 Å². The molecule has 0 radical (unpaired) electrons. The minimum Gasteiger partial charge on any atom is -0.507 e. The minimum atomic E-state index is -0.290. The number of hydrogen-bond donors (Lipinski definition) is 2. The fourth-order valence-electron chi connectivity index (χ4n) is 3.25. The summed E-state index contributed by atoms with van der Waals surface area (Å²) in [5, 5.41) is 10.5. The summed E-state index contributed by atoms with van der Waals surface area (Å²) >= 11 is 0. The maximum absolute atomic E-state index is 12.9. The number of ketones is 1. The third-order valence-corrected chi connectivity index (χ3v) is 4.67. The molecule has 4 aromatic rings. The normalized spacial score (nSPS) is 11.2. The lowest BCUT2D eigenvalue weighted by atomic mass is 10.0. The molecule has 0 spiro atoms. The van der Waals surface area contributed by atoms with Crippen LogP contribution in [0.1, 0.15) is 35.8 Å².